The van der Waals surface area contributed by atoms with Crippen LogP contribution >= 0.6 is 11.6 Å². The van der Waals surface area contributed by atoms with Crippen molar-refractivity contribution in [3.05, 3.63) is 75.2 Å². The maximum Gasteiger partial charge on any atom is 0.264 e. The molecule has 37 heavy (non-hydrogen) atoms. The lowest BCUT2D eigenvalue weighted by Gasteiger charge is -2.33. The molecule has 2 N–H and O–H groups in total. The van der Waals surface area contributed by atoms with Gasteiger partial charge in [0.15, 0.2) is 0 Å². The minimum Gasteiger partial charge on any atom is -0.360 e. The van der Waals surface area contributed by atoms with Crippen LogP contribution in [0, 0.1) is 6.92 Å². The molecule has 3 unspecified atom stereocenters. The third-order valence-corrected chi connectivity index (χ3v) is 7.41. The Morgan fingerprint density at radius 2 is 1.92 bits per heavy atom. The van der Waals surface area contributed by atoms with Gasteiger partial charge < -0.3 is 14.4 Å². The van der Waals surface area contributed by atoms with E-state index in [1.165, 1.54) is 6.92 Å². The normalized spacial score (nSPS) is 18.7. The number of aromatic nitrogens is 2. The van der Waals surface area contributed by atoms with Crippen molar-refractivity contribution in [1.82, 2.24) is 20.4 Å². The van der Waals surface area contributed by atoms with Crippen LogP contribution < -0.4 is 16.2 Å². The molecule has 0 bridgehead atoms. The first-order chi connectivity index (χ1) is 17.8. The molecule has 8 nitrogen and oxygen atoms in total. The first-order valence-electron chi connectivity index (χ1n) is 12.5. The van der Waals surface area contributed by atoms with Crippen molar-refractivity contribution in [2.45, 2.75) is 57.7 Å². The lowest BCUT2D eigenvalue weighted by atomic mass is 9.89. The zero-order valence-corrected chi connectivity index (χ0v) is 21.5. The van der Waals surface area contributed by atoms with E-state index in [9.17, 15) is 14.4 Å². The number of hydrogen-bond donors (Lipinski definition) is 2. The van der Waals surface area contributed by atoms with Crippen molar-refractivity contribution in [2.24, 2.45) is 0 Å². The van der Waals surface area contributed by atoms with Crippen LogP contribution in [0.5, 0.6) is 0 Å². The predicted molar refractivity (Wildman–Crippen MR) is 143 cm³/mol. The number of carbonyl (C=O) groups is 2. The Morgan fingerprint density at radius 1 is 1.14 bits per heavy atom. The molecular weight excluding hydrogens is 492 g/mol. The van der Waals surface area contributed by atoms with Crippen LogP contribution in [0.15, 0.2) is 57.8 Å². The van der Waals surface area contributed by atoms with Crippen molar-refractivity contribution in [2.75, 3.05) is 6.54 Å². The molecule has 9 heteroatoms. The highest BCUT2D eigenvalue weighted by atomic mass is 35.5. The number of amides is 1. The van der Waals surface area contributed by atoms with Gasteiger partial charge in [-0.15, -0.1) is 0 Å². The van der Waals surface area contributed by atoms with Gasteiger partial charge in [0, 0.05) is 17.5 Å². The molecule has 1 aliphatic rings. The van der Waals surface area contributed by atoms with Crippen molar-refractivity contribution in [3.8, 4) is 0 Å². The van der Waals surface area contributed by atoms with Gasteiger partial charge in [0.1, 0.15) is 28.5 Å². The van der Waals surface area contributed by atoms with Crippen LogP contribution in [-0.4, -0.2) is 34.0 Å². The molecule has 192 valence electrons. The highest BCUT2D eigenvalue weighted by Gasteiger charge is 2.30. The average molecular weight is 521 g/mol. The van der Waals surface area contributed by atoms with Crippen LogP contribution in [-0.2, 0) is 9.59 Å². The number of aryl methyl sites for hydroxylation is 1. The molecule has 5 rings (SSSR count). The lowest BCUT2D eigenvalue weighted by Crippen LogP contribution is -2.46. The van der Waals surface area contributed by atoms with Gasteiger partial charge in [-0.3, -0.25) is 19.7 Å². The Hall–Kier alpha value is -3.49. The number of nitrogens with zero attached hydrogens (tertiary/aromatic N) is 2. The van der Waals surface area contributed by atoms with Crippen LogP contribution in [0.1, 0.15) is 56.0 Å². The highest BCUT2D eigenvalue weighted by Crippen LogP contribution is 2.35. The molecular formula is C28H29ClN4O4. The average Bonchev–Trinajstić information content (AvgIpc) is 3.26. The van der Waals surface area contributed by atoms with Crippen molar-refractivity contribution in [3.63, 3.8) is 0 Å². The summed E-state index contributed by atoms with van der Waals surface area (Å²) in [6.45, 7) is 3.31. The number of pyridine rings is 1. The Morgan fingerprint density at radius 3 is 2.68 bits per heavy atom. The quantitative estimate of drug-likeness (QED) is 0.368. The fraction of sp³-hybridized carbons (Fsp3) is 0.357. The van der Waals surface area contributed by atoms with E-state index in [0.717, 1.165) is 24.8 Å². The second-order valence-corrected chi connectivity index (χ2v) is 10.1. The van der Waals surface area contributed by atoms with Gasteiger partial charge in [0.2, 0.25) is 5.91 Å². The minimum absolute atomic E-state index is 0.0456. The Kier molecular flexibility index (Phi) is 7.13. The van der Waals surface area contributed by atoms with Crippen molar-refractivity contribution in [1.29, 1.82) is 0 Å². The number of hydrogen-bond acceptors (Lipinski definition) is 6. The molecule has 1 amide bonds. The second kappa shape index (κ2) is 10.5. The molecule has 2 aromatic carbocycles. The lowest BCUT2D eigenvalue weighted by molar-refractivity contribution is -0.124. The summed E-state index contributed by atoms with van der Waals surface area (Å²) < 4.78 is 7.17. The molecule has 0 spiro atoms. The van der Waals surface area contributed by atoms with E-state index in [4.69, 9.17) is 16.1 Å². The topological polar surface area (TPSA) is 106 Å². The van der Waals surface area contributed by atoms with Gasteiger partial charge in [0.05, 0.1) is 17.1 Å². The maximum absolute atomic E-state index is 13.7. The fourth-order valence-electron chi connectivity index (χ4n) is 5.40. The highest BCUT2D eigenvalue weighted by molar-refractivity contribution is 6.37. The predicted octanol–water partition coefficient (Wildman–Crippen LogP) is 4.62. The van der Waals surface area contributed by atoms with E-state index < -0.39 is 6.04 Å². The Balaban J connectivity index is 1.45. The minimum atomic E-state index is -0.649. The molecule has 1 fully saturated rings. The van der Waals surface area contributed by atoms with Gasteiger partial charge in [-0.1, -0.05) is 53.2 Å². The molecule has 1 saturated carbocycles. The molecule has 2 heterocycles. The summed E-state index contributed by atoms with van der Waals surface area (Å²) >= 11 is 6.57. The number of nitrogens with one attached hydrogen (secondary N) is 2. The van der Waals surface area contributed by atoms with Gasteiger partial charge in [-0.2, -0.15) is 0 Å². The summed E-state index contributed by atoms with van der Waals surface area (Å²) in [7, 11) is 0. The maximum atomic E-state index is 13.7. The summed E-state index contributed by atoms with van der Waals surface area (Å²) in [6, 6.07) is 13.9. The van der Waals surface area contributed by atoms with E-state index in [-0.39, 0.29) is 35.9 Å². The summed E-state index contributed by atoms with van der Waals surface area (Å²) in [5.74, 6) is 0.220. The second-order valence-electron chi connectivity index (χ2n) is 9.72. The summed E-state index contributed by atoms with van der Waals surface area (Å²) in [5, 5.41) is 12.0. The largest absolute Gasteiger partial charge is 0.360 e. The Bertz CT molecular complexity index is 1530. The van der Waals surface area contributed by atoms with Gasteiger partial charge >= 0.3 is 0 Å². The van der Waals surface area contributed by atoms with E-state index in [0.29, 0.717) is 39.0 Å². The summed E-state index contributed by atoms with van der Waals surface area (Å²) in [6.07, 6.45) is 3.05. The zero-order valence-electron chi connectivity index (χ0n) is 20.8. The van der Waals surface area contributed by atoms with E-state index >= 15 is 0 Å². The number of halogens is 1. The van der Waals surface area contributed by atoms with Crippen molar-refractivity contribution < 1.29 is 14.1 Å². The smallest absolute Gasteiger partial charge is 0.264 e. The van der Waals surface area contributed by atoms with Crippen LogP contribution in [0.25, 0.3) is 21.8 Å². The number of carbonyl (C=O) groups excluding carboxylic acids is 2. The molecule has 3 atom stereocenters. The number of fused-ring (bicyclic) bond motifs is 3. The van der Waals surface area contributed by atoms with Gasteiger partial charge in [-0.05, 0) is 57.2 Å². The first kappa shape index (κ1) is 25.2. The third kappa shape index (κ3) is 4.91. The summed E-state index contributed by atoms with van der Waals surface area (Å²) in [5.41, 5.74) is 1.81. The zero-order chi connectivity index (χ0) is 26.1. The van der Waals surface area contributed by atoms with Crippen LogP contribution in [0.2, 0.25) is 5.02 Å². The van der Waals surface area contributed by atoms with E-state index in [1.54, 1.807) is 17.6 Å². The molecule has 4 aromatic rings. The molecule has 2 aromatic heterocycles. The fourth-order valence-corrected chi connectivity index (χ4v) is 5.66. The molecule has 0 saturated heterocycles. The number of ketones is 1. The standard InChI is InChI=1S/C28H29ClN4O4/c1-16(34)15-30-25(18-8-4-3-5-9-18)27(35)31-19-10-6-11-20(14-19)33-22-13-7-12-21(29)24(22)26-23(28(33)36)17(2)37-32-26/h3-5,7-9,12-13,19-20,25,30H,6,10-11,14-15H2,1-2H3,(H,31,35). The number of benzene rings is 2. The van der Waals surface area contributed by atoms with Gasteiger partial charge in [-0.25, -0.2) is 0 Å². The SMILES string of the molecule is CC(=O)CNC(C(=O)NC1CCCC(n2c(=O)c3c(C)onc3c3c(Cl)cccc32)C1)c1ccccc1. The summed E-state index contributed by atoms with van der Waals surface area (Å²) in [4.78, 5) is 38.7. The van der Waals surface area contributed by atoms with E-state index in [2.05, 4.69) is 15.8 Å². The third-order valence-electron chi connectivity index (χ3n) is 7.09. The monoisotopic (exact) mass is 520 g/mol. The number of Topliss-reactive ketones (excluding diaryl/α,β-unsaturated/α-hetero) is 1. The number of rotatable bonds is 7. The van der Waals surface area contributed by atoms with Crippen LogP contribution in [0.4, 0.5) is 0 Å². The molecule has 1 aliphatic carbocycles. The van der Waals surface area contributed by atoms with Gasteiger partial charge in [0.25, 0.3) is 5.56 Å². The van der Waals surface area contributed by atoms with Crippen molar-refractivity contribution >= 4 is 45.1 Å². The Labute approximate surface area is 219 Å². The molecule has 0 radical (unpaired) electrons. The van der Waals surface area contributed by atoms with E-state index in [1.807, 2.05) is 42.5 Å². The van der Waals surface area contributed by atoms with Crippen LogP contribution in [0.3, 0.4) is 0 Å². The first-order valence-corrected chi connectivity index (χ1v) is 12.9. The molecule has 0 aliphatic heterocycles.